The lowest BCUT2D eigenvalue weighted by Crippen LogP contribution is -2.30. The lowest BCUT2D eigenvalue weighted by atomic mass is 10.1. The second-order valence-corrected chi connectivity index (χ2v) is 13.9. The molecule has 4 rings (SSSR count). The lowest BCUT2D eigenvalue weighted by molar-refractivity contribution is -0.404. The van der Waals surface area contributed by atoms with Gasteiger partial charge >= 0.3 is 5.97 Å². The van der Waals surface area contributed by atoms with E-state index < -0.39 is 11.0 Å². The quantitative estimate of drug-likeness (QED) is 0.0835. The van der Waals surface area contributed by atoms with E-state index >= 15 is 0 Å². The molecule has 242 valence electrons. The highest BCUT2D eigenvalue weighted by Gasteiger charge is 2.61. The van der Waals surface area contributed by atoms with Crippen LogP contribution in [0.5, 0.6) is 11.5 Å². The number of carbonyl (C=O) groups is 1. The van der Waals surface area contributed by atoms with Crippen LogP contribution in [0.3, 0.4) is 0 Å². The van der Waals surface area contributed by atoms with Gasteiger partial charge in [-0.25, -0.2) is 4.98 Å². The van der Waals surface area contributed by atoms with E-state index in [1.54, 1.807) is 43.6 Å². The lowest BCUT2D eigenvalue weighted by Gasteiger charge is -2.23. The van der Waals surface area contributed by atoms with Crippen molar-refractivity contribution in [1.29, 1.82) is 5.26 Å². The van der Waals surface area contributed by atoms with Crippen molar-refractivity contribution in [2.45, 2.75) is 33.4 Å². The van der Waals surface area contributed by atoms with Crippen LogP contribution >= 0.6 is 43.5 Å². The molecule has 0 spiro atoms. The van der Waals surface area contributed by atoms with Gasteiger partial charge in [0.2, 0.25) is 6.10 Å². The van der Waals surface area contributed by atoms with Crippen LogP contribution in [0.1, 0.15) is 38.0 Å². The highest BCUT2D eigenvalue weighted by Crippen LogP contribution is 2.60. The summed E-state index contributed by atoms with van der Waals surface area (Å²) in [5.41, 5.74) is 1.31. The fraction of sp³-hybridized carbons (Fsp3) is 0.303. The SMILES string of the molecule is CC1(C)[C@H](C(=O)O[C@H](C#N)c2cccc(Oc3ccccc3)c2)[C@@H]1C=C(Br)Br.CCN(Cc1ccc(Cl)nc1)/C(=C/[N+](=O)[O-])NC. The normalized spacial score (nSPS) is 16.8. The van der Waals surface area contributed by atoms with E-state index in [9.17, 15) is 20.2 Å². The largest absolute Gasteiger partial charge is 0.457 e. The number of esters is 1. The van der Waals surface area contributed by atoms with Gasteiger partial charge in [-0.3, -0.25) is 14.9 Å². The number of nitriles is 1. The topological polar surface area (TPSA) is 131 Å². The number of halogens is 3. The zero-order chi connectivity index (χ0) is 33.9. The van der Waals surface area contributed by atoms with Crippen molar-refractivity contribution in [2.24, 2.45) is 17.3 Å². The third-order valence-corrected chi connectivity index (χ3v) is 8.08. The van der Waals surface area contributed by atoms with Crippen molar-refractivity contribution in [2.75, 3.05) is 13.6 Å². The van der Waals surface area contributed by atoms with Gasteiger partial charge in [-0.15, -0.1) is 0 Å². The van der Waals surface area contributed by atoms with E-state index in [-0.39, 0.29) is 23.2 Å². The van der Waals surface area contributed by atoms with Crippen LogP contribution in [0.25, 0.3) is 0 Å². The third-order valence-electron chi connectivity index (χ3n) is 7.33. The Kier molecular flexibility index (Phi) is 13.6. The Morgan fingerprint density at radius 1 is 1.20 bits per heavy atom. The van der Waals surface area contributed by atoms with Crippen molar-refractivity contribution in [3.8, 4) is 17.6 Å². The summed E-state index contributed by atoms with van der Waals surface area (Å²) in [6.07, 6.45) is 3.57. The smallest absolute Gasteiger partial charge is 0.311 e. The highest BCUT2D eigenvalue weighted by molar-refractivity contribution is 9.28. The summed E-state index contributed by atoms with van der Waals surface area (Å²) in [6.45, 7) is 7.12. The van der Waals surface area contributed by atoms with Crippen molar-refractivity contribution >= 4 is 49.4 Å². The van der Waals surface area contributed by atoms with Crippen LogP contribution in [0.2, 0.25) is 5.15 Å². The molecule has 1 heterocycles. The van der Waals surface area contributed by atoms with Gasteiger partial charge in [-0.05, 0) is 86.0 Å². The molecule has 0 saturated heterocycles. The second kappa shape index (κ2) is 17.1. The van der Waals surface area contributed by atoms with Crippen molar-refractivity contribution in [3.05, 3.63) is 121 Å². The molecule has 1 aliphatic rings. The minimum absolute atomic E-state index is 0.0563. The average Bonchev–Trinajstić information content (AvgIpc) is 3.57. The zero-order valence-corrected chi connectivity index (χ0v) is 29.6. The molecule has 0 unspecified atom stereocenters. The average molecular weight is 776 g/mol. The minimum Gasteiger partial charge on any atom is -0.457 e. The minimum atomic E-state index is -0.986. The van der Waals surface area contributed by atoms with Gasteiger partial charge in [0.1, 0.15) is 22.7 Å². The fourth-order valence-electron chi connectivity index (χ4n) is 4.79. The molecule has 13 heteroatoms. The maximum atomic E-state index is 12.7. The van der Waals surface area contributed by atoms with Gasteiger partial charge in [0.15, 0.2) is 5.82 Å². The van der Waals surface area contributed by atoms with Crippen LogP contribution in [0.15, 0.2) is 94.4 Å². The number of ether oxygens (including phenoxy) is 2. The number of nitrogens with zero attached hydrogens (tertiary/aromatic N) is 4. The maximum absolute atomic E-state index is 12.7. The third kappa shape index (κ3) is 10.6. The standard InChI is InChI=1S/C22H19Br2NO3.C11H15ClN4O2/c1-22(2)17(12-19(23)24)20(22)21(26)28-18(13-25)14-7-6-10-16(11-14)27-15-8-4-3-5-9-15;1-3-15(11(13-2)8-16(17)18)7-9-4-5-10(12)14-6-9/h3-12,17-18,20H,1-2H3;4-6,8,13H,3,7H2,1-2H3/b;11-8+/t17-,18+,20-;/m0./s1. The summed E-state index contributed by atoms with van der Waals surface area (Å²) in [5, 5.41) is 23.3. The second-order valence-electron chi connectivity index (χ2n) is 10.8. The zero-order valence-electron chi connectivity index (χ0n) is 25.7. The molecule has 0 bridgehead atoms. The summed E-state index contributed by atoms with van der Waals surface area (Å²) in [5.74, 6) is 1.14. The molecular weight excluding hydrogens is 742 g/mol. The molecule has 2 aromatic carbocycles. The molecule has 1 aromatic heterocycles. The molecule has 3 atom stereocenters. The summed E-state index contributed by atoms with van der Waals surface area (Å²) in [6, 6.07) is 22.0. The van der Waals surface area contributed by atoms with Crippen LogP contribution in [-0.4, -0.2) is 34.4 Å². The van der Waals surface area contributed by atoms with Crippen LogP contribution in [-0.2, 0) is 16.1 Å². The summed E-state index contributed by atoms with van der Waals surface area (Å²) in [4.78, 5) is 28.5. The van der Waals surface area contributed by atoms with E-state index in [0.29, 0.717) is 41.1 Å². The predicted molar refractivity (Wildman–Crippen MR) is 184 cm³/mol. The van der Waals surface area contributed by atoms with Gasteiger partial charge in [0.25, 0.3) is 6.20 Å². The van der Waals surface area contributed by atoms with E-state index in [1.807, 2.05) is 68.1 Å². The molecule has 0 amide bonds. The Morgan fingerprint density at radius 3 is 2.46 bits per heavy atom. The van der Waals surface area contributed by atoms with Crippen molar-refractivity contribution < 1.29 is 19.2 Å². The molecule has 0 radical (unpaired) electrons. The molecule has 0 aliphatic heterocycles. The predicted octanol–water partition coefficient (Wildman–Crippen LogP) is 8.34. The molecule has 10 nitrogen and oxygen atoms in total. The summed E-state index contributed by atoms with van der Waals surface area (Å²) in [7, 11) is 1.65. The Balaban J connectivity index is 0.000000277. The number of nitro groups is 1. The molecular formula is C33H34Br2ClN5O5. The summed E-state index contributed by atoms with van der Waals surface area (Å²) < 4.78 is 12.2. The number of benzene rings is 2. The van der Waals surface area contributed by atoms with E-state index in [4.69, 9.17) is 21.1 Å². The molecule has 1 aliphatic carbocycles. The van der Waals surface area contributed by atoms with Crippen LogP contribution in [0.4, 0.5) is 0 Å². The van der Waals surface area contributed by atoms with E-state index in [0.717, 1.165) is 15.2 Å². The number of rotatable bonds is 12. The first-order valence-corrected chi connectivity index (χ1v) is 16.2. The number of hydrogen-bond acceptors (Lipinski definition) is 9. The molecule has 1 saturated carbocycles. The number of aromatic nitrogens is 1. The number of pyridine rings is 1. The van der Waals surface area contributed by atoms with Gasteiger partial charge in [0.05, 0.1) is 14.2 Å². The molecule has 1 N–H and O–H groups in total. The Bertz CT molecular complexity index is 1590. The highest BCUT2D eigenvalue weighted by atomic mass is 79.9. The van der Waals surface area contributed by atoms with Crippen LogP contribution < -0.4 is 10.1 Å². The number of carbonyl (C=O) groups excluding carboxylic acids is 1. The first kappa shape index (κ1) is 36.5. The van der Waals surface area contributed by atoms with Gasteiger partial charge < -0.3 is 19.7 Å². The fourth-order valence-corrected chi connectivity index (χ4v) is 5.47. The number of para-hydroxylation sites is 1. The molecule has 3 aromatic rings. The first-order valence-electron chi connectivity index (χ1n) is 14.2. The van der Waals surface area contributed by atoms with Crippen molar-refractivity contribution in [1.82, 2.24) is 15.2 Å². The van der Waals surface area contributed by atoms with Gasteiger partial charge in [0, 0.05) is 31.9 Å². The van der Waals surface area contributed by atoms with Gasteiger partial charge in [-0.1, -0.05) is 67.9 Å². The van der Waals surface area contributed by atoms with Gasteiger partial charge in [-0.2, -0.15) is 5.26 Å². The number of nitrogens with one attached hydrogen (secondary N) is 1. The Morgan fingerprint density at radius 2 is 1.89 bits per heavy atom. The van der Waals surface area contributed by atoms with Crippen molar-refractivity contribution in [3.63, 3.8) is 0 Å². The van der Waals surface area contributed by atoms with E-state index in [2.05, 4.69) is 48.2 Å². The Labute approximate surface area is 290 Å². The maximum Gasteiger partial charge on any atom is 0.311 e. The Hall–Kier alpha value is -3.92. The number of allylic oxidation sites excluding steroid dienone is 1. The van der Waals surface area contributed by atoms with Crippen LogP contribution in [0, 0.1) is 38.7 Å². The van der Waals surface area contributed by atoms with E-state index in [1.165, 1.54) is 0 Å². The molecule has 1 fully saturated rings. The summed E-state index contributed by atoms with van der Waals surface area (Å²) >= 11 is 12.4. The monoisotopic (exact) mass is 773 g/mol. The first-order chi connectivity index (χ1) is 21.9. The number of hydrogen-bond donors (Lipinski definition) is 1. The molecule has 46 heavy (non-hydrogen) atoms.